The molecule has 0 aromatic heterocycles. The third-order valence-electron chi connectivity index (χ3n) is 7.67. The van der Waals surface area contributed by atoms with Crippen LogP contribution in [0.1, 0.15) is 74.1 Å². The van der Waals surface area contributed by atoms with Gasteiger partial charge in [0.05, 0.1) is 4.47 Å². The van der Waals surface area contributed by atoms with Crippen molar-refractivity contribution in [1.29, 1.82) is 0 Å². The summed E-state index contributed by atoms with van der Waals surface area (Å²) >= 11 is 3.60. The van der Waals surface area contributed by atoms with E-state index in [-0.39, 0.29) is 24.5 Å². The zero-order valence-electron chi connectivity index (χ0n) is 23.9. The normalized spacial score (nSPS) is 14.5. The Morgan fingerprint density at radius 1 is 0.950 bits per heavy atom. The Labute approximate surface area is 247 Å². The zero-order valence-corrected chi connectivity index (χ0v) is 25.5. The van der Waals surface area contributed by atoms with Gasteiger partial charge in [-0.2, -0.15) is 0 Å². The topological polar surface area (TPSA) is 58.6 Å². The van der Waals surface area contributed by atoms with E-state index in [4.69, 9.17) is 4.74 Å². The number of hydrogen-bond donors (Lipinski definition) is 1. The molecular weight excluding hydrogens is 564 g/mol. The van der Waals surface area contributed by atoms with Crippen LogP contribution in [0, 0.1) is 6.92 Å². The van der Waals surface area contributed by atoms with Gasteiger partial charge in [0.2, 0.25) is 5.91 Å². The van der Waals surface area contributed by atoms with Gasteiger partial charge < -0.3 is 15.0 Å². The van der Waals surface area contributed by atoms with Gasteiger partial charge in [0.25, 0.3) is 5.91 Å². The Balaban J connectivity index is 1.60. The lowest BCUT2D eigenvalue weighted by atomic mass is 9.94. The summed E-state index contributed by atoms with van der Waals surface area (Å²) in [6, 6.07) is 23.5. The van der Waals surface area contributed by atoms with Gasteiger partial charge in [0, 0.05) is 19.0 Å². The molecule has 0 saturated heterocycles. The number of amides is 2. The molecular formula is C34H41BrN2O3. The van der Waals surface area contributed by atoms with E-state index in [1.807, 2.05) is 79.7 Å². The number of rotatable bonds is 11. The number of aryl methyl sites for hydroxylation is 1. The van der Waals surface area contributed by atoms with Crippen molar-refractivity contribution >= 4 is 27.7 Å². The van der Waals surface area contributed by atoms with Crippen molar-refractivity contribution in [3.63, 3.8) is 0 Å². The predicted molar refractivity (Wildman–Crippen MR) is 164 cm³/mol. The maximum absolute atomic E-state index is 13.9. The smallest absolute Gasteiger partial charge is 0.261 e. The Bertz CT molecular complexity index is 1250. The van der Waals surface area contributed by atoms with E-state index >= 15 is 0 Å². The molecule has 1 aliphatic rings. The lowest BCUT2D eigenvalue weighted by Crippen LogP contribution is -2.53. The number of benzene rings is 3. The summed E-state index contributed by atoms with van der Waals surface area (Å²) < 4.78 is 6.84. The minimum atomic E-state index is -0.659. The second-order valence-electron chi connectivity index (χ2n) is 11.2. The molecule has 0 aliphatic heterocycles. The highest BCUT2D eigenvalue weighted by molar-refractivity contribution is 9.10. The minimum Gasteiger partial charge on any atom is -0.483 e. The van der Waals surface area contributed by atoms with E-state index in [0.717, 1.165) is 46.8 Å². The molecule has 0 bridgehead atoms. The summed E-state index contributed by atoms with van der Waals surface area (Å²) in [6.45, 7) is 6.48. The van der Waals surface area contributed by atoms with Crippen LogP contribution in [0.2, 0.25) is 0 Å². The summed E-state index contributed by atoms with van der Waals surface area (Å²) in [7, 11) is 0. The standard InChI is InChI=1S/C34H41BrN2O3/c1-24(2)28-18-19-32(30(35)21-28)40-23-33(38)37(22-27-16-14-25(3)15-17-27)31(20-26-10-6-4-7-11-26)34(39)36-29-12-8-5-9-13-29/h4,6-7,10-11,14-19,21,24,29,31H,5,8-9,12-13,20,22-23H2,1-3H3,(H,36,39)/t31-/m0/s1. The van der Waals surface area contributed by atoms with Crippen molar-refractivity contribution in [2.45, 2.75) is 83.8 Å². The Hall–Kier alpha value is -3.12. The molecule has 0 heterocycles. The average Bonchev–Trinajstić information content (AvgIpc) is 2.96. The summed E-state index contributed by atoms with van der Waals surface area (Å²) in [6.07, 6.45) is 5.86. The van der Waals surface area contributed by atoms with E-state index in [9.17, 15) is 9.59 Å². The molecule has 0 unspecified atom stereocenters. The Morgan fingerprint density at radius 3 is 2.30 bits per heavy atom. The van der Waals surface area contributed by atoms with Crippen LogP contribution < -0.4 is 10.1 Å². The molecule has 0 radical (unpaired) electrons. The average molecular weight is 606 g/mol. The molecule has 1 N–H and O–H groups in total. The van der Waals surface area contributed by atoms with Crippen LogP contribution >= 0.6 is 15.9 Å². The largest absolute Gasteiger partial charge is 0.483 e. The van der Waals surface area contributed by atoms with Gasteiger partial charge in [-0.05, 0) is 70.4 Å². The van der Waals surface area contributed by atoms with E-state index in [1.54, 1.807) is 4.90 Å². The Kier molecular flexibility index (Phi) is 10.8. The SMILES string of the molecule is Cc1ccc(CN(C(=O)COc2ccc(C(C)C)cc2Br)[C@@H](Cc2ccccc2)C(=O)NC2CCCCC2)cc1. The molecule has 40 heavy (non-hydrogen) atoms. The number of nitrogens with zero attached hydrogens (tertiary/aromatic N) is 1. The van der Waals surface area contributed by atoms with Crippen molar-refractivity contribution in [1.82, 2.24) is 10.2 Å². The third-order valence-corrected chi connectivity index (χ3v) is 8.29. The van der Waals surface area contributed by atoms with Gasteiger partial charge in [0.15, 0.2) is 6.61 Å². The maximum Gasteiger partial charge on any atom is 0.261 e. The van der Waals surface area contributed by atoms with E-state index in [1.165, 1.54) is 12.0 Å². The van der Waals surface area contributed by atoms with Gasteiger partial charge in [-0.1, -0.05) is 99.3 Å². The fourth-order valence-corrected chi connectivity index (χ4v) is 5.72. The summed E-state index contributed by atoms with van der Waals surface area (Å²) in [5.41, 5.74) is 4.33. The van der Waals surface area contributed by atoms with Crippen molar-refractivity contribution in [2.75, 3.05) is 6.61 Å². The number of halogens is 1. The highest BCUT2D eigenvalue weighted by Gasteiger charge is 2.32. The Morgan fingerprint density at radius 2 is 1.65 bits per heavy atom. The predicted octanol–water partition coefficient (Wildman–Crippen LogP) is 7.35. The molecule has 5 nitrogen and oxygen atoms in total. The summed E-state index contributed by atoms with van der Waals surface area (Å²) in [4.78, 5) is 29.5. The van der Waals surface area contributed by atoms with Crippen molar-refractivity contribution < 1.29 is 14.3 Å². The molecule has 1 saturated carbocycles. The second-order valence-corrected chi connectivity index (χ2v) is 12.0. The lowest BCUT2D eigenvalue weighted by molar-refractivity contribution is -0.143. The summed E-state index contributed by atoms with van der Waals surface area (Å²) in [5, 5.41) is 3.29. The molecule has 1 fully saturated rings. The third kappa shape index (κ3) is 8.44. The van der Waals surface area contributed by atoms with E-state index in [0.29, 0.717) is 24.6 Å². The quantitative estimate of drug-likeness (QED) is 0.249. The highest BCUT2D eigenvalue weighted by Crippen LogP contribution is 2.29. The molecule has 6 heteroatoms. The van der Waals surface area contributed by atoms with Crippen molar-refractivity contribution in [3.8, 4) is 5.75 Å². The zero-order chi connectivity index (χ0) is 28.5. The van der Waals surface area contributed by atoms with Gasteiger partial charge >= 0.3 is 0 Å². The van der Waals surface area contributed by atoms with Gasteiger partial charge in [0.1, 0.15) is 11.8 Å². The van der Waals surface area contributed by atoms with E-state index in [2.05, 4.69) is 35.1 Å². The summed E-state index contributed by atoms with van der Waals surface area (Å²) in [5.74, 6) is 0.677. The molecule has 212 valence electrons. The van der Waals surface area contributed by atoms with Crippen LogP contribution in [0.3, 0.4) is 0 Å². The van der Waals surface area contributed by atoms with Crippen LogP contribution in [0.4, 0.5) is 0 Å². The number of ether oxygens (including phenoxy) is 1. The lowest BCUT2D eigenvalue weighted by Gasteiger charge is -2.33. The van der Waals surface area contributed by atoms with Crippen LogP contribution in [-0.2, 0) is 22.6 Å². The molecule has 3 aromatic carbocycles. The molecule has 2 amide bonds. The monoisotopic (exact) mass is 604 g/mol. The molecule has 0 spiro atoms. The number of carbonyl (C=O) groups is 2. The minimum absolute atomic E-state index is 0.0984. The fourth-order valence-electron chi connectivity index (χ4n) is 5.20. The van der Waals surface area contributed by atoms with Gasteiger partial charge in [-0.3, -0.25) is 9.59 Å². The molecule has 3 aromatic rings. The fraction of sp³-hybridized carbons (Fsp3) is 0.412. The van der Waals surface area contributed by atoms with Crippen LogP contribution in [-0.4, -0.2) is 35.4 Å². The second kappa shape index (κ2) is 14.5. The highest BCUT2D eigenvalue weighted by atomic mass is 79.9. The number of nitrogens with one attached hydrogen (secondary N) is 1. The number of hydrogen-bond acceptors (Lipinski definition) is 3. The first-order valence-electron chi connectivity index (χ1n) is 14.4. The molecule has 1 aliphatic carbocycles. The first-order valence-corrected chi connectivity index (χ1v) is 15.2. The van der Waals surface area contributed by atoms with E-state index < -0.39 is 6.04 Å². The van der Waals surface area contributed by atoms with Crippen molar-refractivity contribution in [3.05, 3.63) is 99.5 Å². The van der Waals surface area contributed by atoms with Gasteiger partial charge in [-0.25, -0.2) is 0 Å². The van der Waals surface area contributed by atoms with Crippen LogP contribution in [0.15, 0.2) is 77.3 Å². The maximum atomic E-state index is 13.9. The van der Waals surface area contributed by atoms with Crippen LogP contribution in [0.25, 0.3) is 0 Å². The number of carbonyl (C=O) groups excluding carboxylic acids is 2. The molecule has 1 atom stereocenters. The first kappa shape index (κ1) is 29.9. The first-order chi connectivity index (χ1) is 19.3. The molecule has 4 rings (SSSR count). The van der Waals surface area contributed by atoms with Crippen molar-refractivity contribution in [2.24, 2.45) is 0 Å². The van der Waals surface area contributed by atoms with Gasteiger partial charge in [-0.15, -0.1) is 0 Å². The van der Waals surface area contributed by atoms with Crippen LogP contribution in [0.5, 0.6) is 5.75 Å².